The summed E-state index contributed by atoms with van der Waals surface area (Å²) in [7, 11) is 0. The molecule has 116 valence electrons. The minimum absolute atomic E-state index is 0.215. The Morgan fingerprint density at radius 1 is 1.11 bits per heavy atom. The smallest absolute Gasteiger partial charge is 0.0897 e. The van der Waals surface area contributed by atoms with Crippen LogP contribution in [-0.4, -0.2) is 62.4 Å². The fourth-order valence-corrected chi connectivity index (χ4v) is 1.56. The van der Waals surface area contributed by atoms with Crippen molar-refractivity contribution in [3.8, 4) is 0 Å². The molecule has 0 spiro atoms. The zero-order valence-electron chi connectivity index (χ0n) is 12.4. The Kier molecular flexibility index (Phi) is 14.1. The van der Waals surface area contributed by atoms with E-state index in [-0.39, 0.29) is 6.61 Å². The Labute approximate surface area is 117 Å². The Bertz CT molecular complexity index is 181. The average molecular weight is 277 g/mol. The van der Waals surface area contributed by atoms with Crippen molar-refractivity contribution >= 4 is 0 Å². The lowest BCUT2D eigenvalue weighted by Gasteiger charge is -2.15. The third kappa shape index (κ3) is 14.0. The predicted octanol–water partition coefficient (Wildman–Crippen LogP) is 0.789. The van der Waals surface area contributed by atoms with Crippen molar-refractivity contribution in [2.24, 2.45) is 5.92 Å². The van der Waals surface area contributed by atoms with E-state index < -0.39 is 6.10 Å². The van der Waals surface area contributed by atoms with Gasteiger partial charge in [0.15, 0.2) is 0 Å². The third-order valence-electron chi connectivity index (χ3n) is 2.82. The van der Waals surface area contributed by atoms with Crippen LogP contribution in [-0.2, 0) is 9.47 Å². The normalized spacial score (nSPS) is 14.5. The van der Waals surface area contributed by atoms with E-state index in [1.165, 1.54) is 0 Å². The summed E-state index contributed by atoms with van der Waals surface area (Å²) in [6.45, 7) is 7.97. The average Bonchev–Trinajstić information content (AvgIpc) is 2.38. The maximum Gasteiger partial charge on any atom is 0.0897 e. The number of aliphatic hydroxyl groups is 2. The Morgan fingerprint density at radius 3 is 2.53 bits per heavy atom. The minimum atomic E-state index is -0.489. The van der Waals surface area contributed by atoms with E-state index >= 15 is 0 Å². The van der Waals surface area contributed by atoms with Crippen LogP contribution in [0.5, 0.6) is 0 Å². The first-order valence-corrected chi connectivity index (χ1v) is 7.35. The molecule has 0 aromatic carbocycles. The minimum Gasteiger partial charge on any atom is -0.396 e. The number of rotatable bonds is 14. The van der Waals surface area contributed by atoms with E-state index in [0.29, 0.717) is 32.3 Å². The number of hydrogen-bond acceptors (Lipinski definition) is 5. The molecular formula is C14H31NO4. The van der Waals surface area contributed by atoms with Crippen LogP contribution in [0.1, 0.15) is 33.1 Å². The quantitative estimate of drug-likeness (QED) is 0.410. The van der Waals surface area contributed by atoms with Crippen molar-refractivity contribution in [3.05, 3.63) is 0 Å². The lowest BCUT2D eigenvalue weighted by molar-refractivity contribution is 0.00373. The number of ether oxygens (including phenoxy) is 2. The molecule has 2 atom stereocenters. The maximum absolute atomic E-state index is 9.66. The summed E-state index contributed by atoms with van der Waals surface area (Å²) in [5.41, 5.74) is 0. The largest absolute Gasteiger partial charge is 0.396 e. The van der Waals surface area contributed by atoms with Crippen LogP contribution in [0.2, 0.25) is 0 Å². The Hall–Kier alpha value is -0.200. The number of nitrogens with one attached hydrogen (secondary N) is 1. The molecule has 0 aliphatic rings. The van der Waals surface area contributed by atoms with Crippen molar-refractivity contribution in [1.82, 2.24) is 5.32 Å². The molecule has 0 aliphatic carbocycles. The summed E-state index contributed by atoms with van der Waals surface area (Å²) >= 11 is 0. The van der Waals surface area contributed by atoms with Gasteiger partial charge in [0.2, 0.25) is 0 Å². The summed E-state index contributed by atoms with van der Waals surface area (Å²) in [6.07, 6.45) is 2.52. The van der Waals surface area contributed by atoms with Crippen LogP contribution in [0.4, 0.5) is 0 Å². The van der Waals surface area contributed by atoms with Crippen LogP contribution < -0.4 is 5.32 Å². The SMILES string of the molecule is CCCCOCCOCC(O)CNCC(C)CCO. The number of unbranched alkanes of at least 4 members (excludes halogenated alkanes) is 1. The summed E-state index contributed by atoms with van der Waals surface area (Å²) < 4.78 is 10.7. The van der Waals surface area contributed by atoms with Gasteiger partial charge in [-0.2, -0.15) is 0 Å². The topological polar surface area (TPSA) is 71.0 Å². The molecule has 0 bridgehead atoms. The number of hydrogen-bond donors (Lipinski definition) is 3. The Morgan fingerprint density at radius 2 is 1.84 bits per heavy atom. The van der Waals surface area contributed by atoms with Gasteiger partial charge in [0.25, 0.3) is 0 Å². The maximum atomic E-state index is 9.66. The Balaban J connectivity index is 3.23. The van der Waals surface area contributed by atoms with Crippen molar-refractivity contribution in [1.29, 1.82) is 0 Å². The highest BCUT2D eigenvalue weighted by Gasteiger charge is 2.05. The van der Waals surface area contributed by atoms with Crippen LogP contribution in [0.15, 0.2) is 0 Å². The van der Waals surface area contributed by atoms with Crippen molar-refractivity contribution < 1.29 is 19.7 Å². The second-order valence-corrected chi connectivity index (χ2v) is 4.97. The molecule has 19 heavy (non-hydrogen) atoms. The molecular weight excluding hydrogens is 246 g/mol. The van der Waals surface area contributed by atoms with E-state index in [9.17, 15) is 5.11 Å². The monoisotopic (exact) mass is 277 g/mol. The van der Waals surface area contributed by atoms with Gasteiger partial charge in [-0.25, -0.2) is 0 Å². The van der Waals surface area contributed by atoms with Gasteiger partial charge in [0, 0.05) is 19.8 Å². The molecule has 0 saturated carbocycles. The van der Waals surface area contributed by atoms with E-state index in [1.54, 1.807) is 0 Å². The van der Waals surface area contributed by atoms with Gasteiger partial charge in [-0.3, -0.25) is 0 Å². The molecule has 0 heterocycles. The lowest BCUT2D eigenvalue weighted by Crippen LogP contribution is -2.33. The van der Waals surface area contributed by atoms with Gasteiger partial charge in [0.05, 0.1) is 25.9 Å². The molecule has 3 N–H and O–H groups in total. The van der Waals surface area contributed by atoms with Crippen LogP contribution >= 0.6 is 0 Å². The van der Waals surface area contributed by atoms with Gasteiger partial charge in [-0.1, -0.05) is 20.3 Å². The molecule has 0 aromatic heterocycles. The first kappa shape index (κ1) is 18.8. The summed E-state index contributed by atoms with van der Waals surface area (Å²) in [5.74, 6) is 0.421. The molecule has 5 heteroatoms. The van der Waals surface area contributed by atoms with Crippen molar-refractivity contribution in [2.45, 2.75) is 39.2 Å². The highest BCUT2D eigenvalue weighted by Crippen LogP contribution is 1.97. The van der Waals surface area contributed by atoms with Gasteiger partial charge >= 0.3 is 0 Å². The van der Waals surface area contributed by atoms with Gasteiger partial charge in [-0.15, -0.1) is 0 Å². The molecule has 0 aromatic rings. The highest BCUT2D eigenvalue weighted by molar-refractivity contribution is 4.61. The summed E-state index contributed by atoms with van der Waals surface area (Å²) in [5, 5.41) is 21.6. The molecule has 2 unspecified atom stereocenters. The van der Waals surface area contributed by atoms with Gasteiger partial charge in [-0.05, 0) is 25.3 Å². The number of aliphatic hydroxyl groups excluding tert-OH is 2. The zero-order chi connectivity index (χ0) is 14.3. The molecule has 0 rings (SSSR count). The molecule has 5 nitrogen and oxygen atoms in total. The second kappa shape index (κ2) is 14.2. The van der Waals surface area contributed by atoms with Crippen LogP contribution in [0.3, 0.4) is 0 Å². The zero-order valence-corrected chi connectivity index (χ0v) is 12.4. The fraction of sp³-hybridized carbons (Fsp3) is 1.00. The lowest BCUT2D eigenvalue weighted by atomic mass is 10.1. The van der Waals surface area contributed by atoms with Crippen LogP contribution in [0, 0.1) is 5.92 Å². The standard InChI is InChI=1S/C14H31NO4/c1-3-4-7-18-8-9-19-12-14(17)11-15-10-13(2)5-6-16/h13-17H,3-12H2,1-2H3. The molecule has 0 radical (unpaired) electrons. The second-order valence-electron chi connectivity index (χ2n) is 4.97. The van der Waals surface area contributed by atoms with E-state index in [0.717, 1.165) is 32.4 Å². The van der Waals surface area contributed by atoms with Gasteiger partial charge < -0.3 is 25.0 Å². The molecule has 0 saturated heterocycles. The van der Waals surface area contributed by atoms with Gasteiger partial charge in [0.1, 0.15) is 0 Å². The molecule has 0 amide bonds. The summed E-state index contributed by atoms with van der Waals surface area (Å²) in [4.78, 5) is 0. The fourth-order valence-electron chi connectivity index (χ4n) is 1.56. The van der Waals surface area contributed by atoms with Crippen molar-refractivity contribution in [2.75, 3.05) is 46.1 Å². The molecule has 0 fully saturated rings. The summed E-state index contributed by atoms with van der Waals surface area (Å²) in [6, 6.07) is 0. The van der Waals surface area contributed by atoms with Crippen LogP contribution in [0.25, 0.3) is 0 Å². The first-order valence-electron chi connectivity index (χ1n) is 7.35. The first-order chi connectivity index (χ1) is 9.20. The van der Waals surface area contributed by atoms with E-state index in [1.807, 2.05) is 0 Å². The van der Waals surface area contributed by atoms with E-state index in [4.69, 9.17) is 14.6 Å². The highest BCUT2D eigenvalue weighted by atomic mass is 16.5. The third-order valence-corrected chi connectivity index (χ3v) is 2.82. The van der Waals surface area contributed by atoms with E-state index in [2.05, 4.69) is 19.2 Å². The van der Waals surface area contributed by atoms with Crippen molar-refractivity contribution in [3.63, 3.8) is 0 Å². The molecule has 0 aliphatic heterocycles. The predicted molar refractivity (Wildman–Crippen MR) is 76.3 cm³/mol.